The van der Waals surface area contributed by atoms with Crippen LogP contribution in [0.3, 0.4) is 0 Å². The highest BCUT2D eigenvalue weighted by Gasteiger charge is 2.18. The van der Waals surface area contributed by atoms with Crippen LogP contribution in [0.25, 0.3) is 0 Å². The van der Waals surface area contributed by atoms with Crippen LogP contribution in [0.1, 0.15) is 32.8 Å². The summed E-state index contributed by atoms with van der Waals surface area (Å²) in [6.07, 6.45) is 0.983. The minimum atomic E-state index is -0.510. The average molecular weight is 227 g/mol. The number of nitrogens with two attached hydrogens (primary N) is 1. The average Bonchev–Trinajstić information content (AvgIpc) is 2.08. The van der Waals surface area contributed by atoms with Crippen LogP contribution in [0.5, 0.6) is 0 Å². The molecular weight excluding hydrogens is 208 g/mol. The Morgan fingerprint density at radius 2 is 1.69 bits per heavy atom. The lowest BCUT2D eigenvalue weighted by atomic mass is 9.86. The molecule has 0 fully saturated rings. The molecule has 0 radical (unpaired) electrons. The Morgan fingerprint density at radius 1 is 1.19 bits per heavy atom. The molecule has 1 unspecified atom stereocenters. The first-order valence-corrected chi connectivity index (χ1v) is 5.48. The van der Waals surface area contributed by atoms with Gasteiger partial charge in [0.1, 0.15) is 11.6 Å². The molecule has 1 nitrogen and oxygen atoms in total. The van der Waals surface area contributed by atoms with Gasteiger partial charge in [0.2, 0.25) is 0 Å². The zero-order valence-electron chi connectivity index (χ0n) is 10.1. The second-order valence-electron chi connectivity index (χ2n) is 5.43. The van der Waals surface area contributed by atoms with Gasteiger partial charge in [-0.1, -0.05) is 26.8 Å². The molecule has 0 saturated carbocycles. The summed E-state index contributed by atoms with van der Waals surface area (Å²) < 4.78 is 26.7. The van der Waals surface area contributed by atoms with E-state index in [4.69, 9.17) is 5.73 Å². The van der Waals surface area contributed by atoms with Crippen molar-refractivity contribution in [3.63, 3.8) is 0 Å². The minimum Gasteiger partial charge on any atom is -0.327 e. The number of benzene rings is 1. The van der Waals surface area contributed by atoms with E-state index in [1.165, 1.54) is 18.2 Å². The van der Waals surface area contributed by atoms with Crippen molar-refractivity contribution in [1.82, 2.24) is 0 Å². The Labute approximate surface area is 95.7 Å². The Hall–Kier alpha value is -0.960. The molecule has 0 bridgehead atoms. The number of hydrogen-bond donors (Lipinski definition) is 1. The fourth-order valence-corrected chi connectivity index (χ4v) is 1.85. The predicted octanol–water partition coefficient (Wildman–Crippen LogP) is 3.27. The summed E-state index contributed by atoms with van der Waals surface area (Å²) in [6, 6.07) is 3.68. The highest BCUT2D eigenvalue weighted by Crippen LogP contribution is 2.23. The SMILES string of the molecule is CC(C)(C)CC(N)Cc1c(F)cccc1F. The van der Waals surface area contributed by atoms with Crippen LogP contribution in [0.2, 0.25) is 0 Å². The van der Waals surface area contributed by atoms with Crippen LogP contribution in [0.15, 0.2) is 18.2 Å². The van der Waals surface area contributed by atoms with Crippen LogP contribution >= 0.6 is 0 Å². The molecule has 90 valence electrons. The van der Waals surface area contributed by atoms with Gasteiger partial charge in [-0.15, -0.1) is 0 Å². The largest absolute Gasteiger partial charge is 0.327 e. The lowest BCUT2D eigenvalue weighted by Crippen LogP contribution is -2.29. The molecule has 1 atom stereocenters. The summed E-state index contributed by atoms with van der Waals surface area (Å²) in [6.45, 7) is 6.18. The molecule has 16 heavy (non-hydrogen) atoms. The van der Waals surface area contributed by atoms with Crippen molar-refractivity contribution in [2.24, 2.45) is 11.1 Å². The van der Waals surface area contributed by atoms with E-state index in [-0.39, 0.29) is 23.4 Å². The second kappa shape index (κ2) is 4.91. The molecule has 1 aromatic carbocycles. The van der Waals surface area contributed by atoms with E-state index in [2.05, 4.69) is 20.8 Å². The second-order valence-corrected chi connectivity index (χ2v) is 5.43. The third kappa shape index (κ3) is 3.89. The lowest BCUT2D eigenvalue weighted by Gasteiger charge is -2.23. The van der Waals surface area contributed by atoms with E-state index in [1.54, 1.807) is 0 Å². The van der Waals surface area contributed by atoms with Gasteiger partial charge in [-0.3, -0.25) is 0 Å². The monoisotopic (exact) mass is 227 g/mol. The molecule has 0 aromatic heterocycles. The maximum Gasteiger partial charge on any atom is 0.129 e. The van der Waals surface area contributed by atoms with Gasteiger partial charge in [-0.05, 0) is 30.4 Å². The maximum atomic E-state index is 13.3. The van der Waals surface area contributed by atoms with Crippen molar-refractivity contribution >= 4 is 0 Å². The Balaban J connectivity index is 2.73. The Kier molecular flexibility index (Phi) is 4.03. The fraction of sp³-hybridized carbons (Fsp3) is 0.538. The summed E-state index contributed by atoms with van der Waals surface area (Å²) in [5.41, 5.74) is 6.06. The molecule has 2 N–H and O–H groups in total. The van der Waals surface area contributed by atoms with E-state index < -0.39 is 11.6 Å². The summed E-state index contributed by atoms with van der Waals surface area (Å²) >= 11 is 0. The van der Waals surface area contributed by atoms with Gasteiger partial charge < -0.3 is 5.73 Å². The van der Waals surface area contributed by atoms with Gasteiger partial charge in [-0.25, -0.2) is 8.78 Å². The topological polar surface area (TPSA) is 26.0 Å². The van der Waals surface area contributed by atoms with E-state index in [9.17, 15) is 8.78 Å². The van der Waals surface area contributed by atoms with E-state index >= 15 is 0 Å². The molecule has 0 amide bonds. The molecule has 1 aromatic rings. The Bertz CT molecular complexity index is 335. The zero-order valence-corrected chi connectivity index (χ0v) is 10.1. The third-order valence-corrected chi connectivity index (χ3v) is 2.40. The van der Waals surface area contributed by atoms with Crippen molar-refractivity contribution in [2.45, 2.75) is 39.7 Å². The van der Waals surface area contributed by atoms with Gasteiger partial charge in [0.15, 0.2) is 0 Å². The fourth-order valence-electron chi connectivity index (χ4n) is 1.85. The number of halogens is 2. The summed E-state index contributed by atoms with van der Waals surface area (Å²) in [5, 5.41) is 0. The smallest absolute Gasteiger partial charge is 0.129 e. The van der Waals surface area contributed by atoms with E-state index in [1.807, 2.05) is 0 Å². The molecule has 0 saturated heterocycles. The maximum absolute atomic E-state index is 13.3. The van der Waals surface area contributed by atoms with Gasteiger partial charge in [-0.2, -0.15) is 0 Å². The first kappa shape index (κ1) is 13.1. The van der Waals surface area contributed by atoms with Crippen molar-refractivity contribution in [1.29, 1.82) is 0 Å². The quantitative estimate of drug-likeness (QED) is 0.842. The molecule has 3 heteroatoms. The summed E-state index contributed by atoms with van der Waals surface area (Å²) in [5.74, 6) is -1.02. The molecule has 1 rings (SSSR count). The van der Waals surface area contributed by atoms with Crippen LogP contribution in [0.4, 0.5) is 8.78 Å². The standard InChI is InChI=1S/C13H19F2N/c1-13(2,3)8-9(16)7-10-11(14)5-4-6-12(10)15/h4-6,9H,7-8,16H2,1-3H3. The highest BCUT2D eigenvalue weighted by molar-refractivity contribution is 5.20. The predicted molar refractivity (Wildman–Crippen MR) is 62.1 cm³/mol. The first-order valence-electron chi connectivity index (χ1n) is 5.48. The minimum absolute atomic E-state index is 0.0706. The third-order valence-electron chi connectivity index (χ3n) is 2.40. The number of rotatable bonds is 3. The molecule has 0 aliphatic rings. The van der Waals surface area contributed by atoms with Crippen LogP contribution < -0.4 is 5.73 Å². The molecule has 0 aliphatic heterocycles. The molecule has 0 heterocycles. The van der Waals surface area contributed by atoms with Crippen molar-refractivity contribution in [3.05, 3.63) is 35.4 Å². The van der Waals surface area contributed by atoms with Gasteiger partial charge in [0, 0.05) is 11.6 Å². The molecule has 0 spiro atoms. The van der Waals surface area contributed by atoms with Gasteiger partial charge in [0.05, 0.1) is 0 Å². The van der Waals surface area contributed by atoms with Gasteiger partial charge in [0.25, 0.3) is 0 Å². The van der Waals surface area contributed by atoms with Crippen LogP contribution in [0, 0.1) is 17.0 Å². The molecular formula is C13H19F2N. The first-order chi connectivity index (χ1) is 7.29. The van der Waals surface area contributed by atoms with Crippen molar-refractivity contribution < 1.29 is 8.78 Å². The van der Waals surface area contributed by atoms with Crippen molar-refractivity contribution in [2.75, 3.05) is 0 Å². The molecule has 0 aliphatic carbocycles. The normalized spacial score (nSPS) is 13.9. The van der Waals surface area contributed by atoms with Gasteiger partial charge >= 0.3 is 0 Å². The summed E-state index contributed by atoms with van der Waals surface area (Å²) in [7, 11) is 0. The lowest BCUT2D eigenvalue weighted by molar-refractivity contribution is 0.335. The van der Waals surface area contributed by atoms with E-state index in [0.717, 1.165) is 6.42 Å². The van der Waals surface area contributed by atoms with Crippen LogP contribution in [-0.2, 0) is 6.42 Å². The zero-order chi connectivity index (χ0) is 12.3. The number of hydrogen-bond acceptors (Lipinski definition) is 1. The summed E-state index contributed by atoms with van der Waals surface area (Å²) in [4.78, 5) is 0. The van der Waals surface area contributed by atoms with E-state index in [0.29, 0.717) is 0 Å². The van der Waals surface area contributed by atoms with Crippen LogP contribution in [-0.4, -0.2) is 6.04 Å². The Morgan fingerprint density at radius 3 is 2.12 bits per heavy atom. The highest BCUT2D eigenvalue weighted by atomic mass is 19.1. The van der Waals surface area contributed by atoms with Crippen molar-refractivity contribution in [3.8, 4) is 0 Å².